The van der Waals surface area contributed by atoms with Crippen LogP contribution in [0.4, 0.5) is 46.3 Å². The summed E-state index contributed by atoms with van der Waals surface area (Å²) in [6.45, 7) is 7.75. The summed E-state index contributed by atoms with van der Waals surface area (Å²) in [5, 5.41) is 7.51. The van der Waals surface area contributed by atoms with Crippen molar-refractivity contribution in [3.8, 4) is 5.75 Å². The molecule has 1 unspecified atom stereocenters. The molecule has 1 amide bonds. The van der Waals surface area contributed by atoms with Crippen LogP contribution in [-0.4, -0.2) is 66.7 Å². The molecule has 3 aliphatic heterocycles. The first-order valence-corrected chi connectivity index (χ1v) is 15.7. The first-order chi connectivity index (χ1) is 22.6. The third-order valence-electron chi connectivity index (χ3n) is 8.90. The van der Waals surface area contributed by atoms with Gasteiger partial charge in [-0.3, -0.25) is 9.63 Å². The quantitative estimate of drug-likeness (QED) is 0.199. The van der Waals surface area contributed by atoms with Gasteiger partial charge < -0.3 is 25.2 Å². The predicted octanol–water partition coefficient (Wildman–Crippen LogP) is 6.46. The highest BCUT2D eigenvalue weighted by molar-refractivity contribution is 6.02. The molecule has 0 saturated carbocycles. The topological polar surface area (TPSA) is 95.1 Å². The van der Waals surface area contributed by atoms with E-state index in [0.717, 1.165) is 56.8 Å². The lowest BCUT2D eigenvalue weighted by Gasteiger charge is -2.38. The summed E-state index contributed by atoms with van der Waals surface area (Å²) in [6, 6.07) is 7.53. The van der Waals surface area contributed by atoms with Crippen molar-refractivity contribution in [2.75, 3.05) is 60.5 Å². The molecular weight excluding hydrogens is 618 g/mol. The number of hydrogen-bond donors (Lipinski definition) is 2. The van der Waals surface area contributed by atoms with Crippen molar-refractivity contribution in [3.05, 3.63) is 72.3 Å². The van der Waals surface area contributed by atoms with Gasteiger partial charge in [-0.25, -0.2) is 19.4 Å². The van der Waals surface area contributed by atoms with Crippen molar-refractivity contribution in [3.63, 3.8) is 0 Å². The SMILES string of the molecule is C=CC(=O)Nc1cc(Nc2cc(N3OCCC3c3cc(F)cc(C(F)(F)F)c3)ncn2)c(OC)cc1N1CCC(N2CCCC2)CC1. The number of hydrogen-bond acceptors (Lipinski definition) is 9. The van der Waals surface area contributed by atoms with Gasteiger partial charge in [-0.2, -0.15) is 13.2 Å². The number of carbonyl (C=O) groups is 1. The Morgan fingerprint density at radius 3 is 2.49 bits per heavy atom. The van der Waals surface area contributed by atoms with Crippen molar-refractivity contribution in [2.24, 2.45) is 0 Å². The maximum absolute atomic E-state index is 14.2. The average Bonchev–Trinajstić information content (AvgIpc) is 3.78. The molecule has 6 rings (SSSR count). The number of likely N-dealkylation sites (tertiary alicyclic amines) is 1. The van der Waals surface area contributed by atoms with Crippen LogP contribution in [0.5, 0.6) is 5.75 Å². The number of nitrogens with one attached hydrogen (secondary N) is 2. The monoisotopic (exact) mass is 655 g/mol. The molecule has 0 spiro atoms. The fourth-order valence-electron chi connectivity index (χ4n) is 6.60. The molecule has 3 aromatic rings. The number of nitrogens with zero attached hydrogens (tertiary/aromatic N) is 5. The van der Waals surface area contributed by atoms with Crippen molar-refractivity contribution in [1.82, 2.24) is 14.9 Å². The van der Waals surface area contributed by atoms with Crippen molar-refractivity contribution in [1.29, 1.82) is 0 Å². The summed E-state index contributed by atoms with van der Waals surface area (Å²) in [7, 11) is 1.55. The number of amides is 1. The van der Waals surface area contributed by atoms with Gasteiger partial charge in [0.15, 0.2) is 5.82 Å². The van der Waals surface area contributed by atoms with Gasteiger partial charge in [-0.1, -0.05) is 6.58 Å². The summed E-state index contributed by atoms with van der Waals surface area (Å²) in [5.74, 6) is -0.245. The molecule has 3 fully saturated rings. The largest absolute Gasteiger partial charge is 0.494 e. The van der Waals surface area contributed by atoms with Crippen LogP contribution in [-0.2, 0) is 15.8 Å². The van der Waals surface area contributed by atoms with Gasteiger partial charge in [-0.15, -0.1) is 0 Å². The molecule has 0 bridgehead atoms. The number of piperidine rings is 1. The van der Waals surface area contributed by atoms with Crippen LogP contribution < -0.4 is 25.3 Å². The molecule has 0 aliphatic carbocycles. The average molecular weight is 656 g/mol. The van der Waals surface area contributed by atoms with Gasteiger partial charge in [0.1, 0.15) is 23.7 Å². The molecule has 14 heteroatoms. The lowest BCUT2D eigenvalue weighted by molar-refractivity contribution is -0.137. The van der Waals surface area contributed by atoms with Crippen LogP contribution >= 0.6 is 0 Å². The smallest absolute Gasteiger partial charge is 0.416 e. The van der Waals surface area contributed by atoms with E-state index in [-0.39, 0.29) is 23.9 Å². The number of alkyl halides is 3. The van der Waals surface area contributed by atoms with Crippen molar-refractivity contribution >= 4 is 34.6 Å². The van der Waals surface area contributed by atoms with Crippen LogP contribution in [0.25, 0.3) is 0 Å². The summed E-state index contributed by atoms with van der Waals surface area (Å²) < 4.78 is 60.2. The molecule has 2 aromatic carbocycles. The van der Waals surface area contributed by atoms with Gasteiger partial charge in [0, 0.05) is 37.7 Å². The van der Waals surface area contributed by atoms with Crippen molar-refractivity contribution < 1.29 is 31.9 Å². The molecule has 10 nitrogen and oxygen atoms in total. The lowest BCUT2D eigenvalue weighted by atomic mass is 10.0. The fourth-order valence-corrected chi connectivity index (χ4v) is 6.60. The zero-order valence-corrected chi connectivity index (χ0v) is 26.0. The molecular formula is C33H37F4N7O3. The number of ether oxygens (including phenoxy) is 1. The van der Waals surface area contributed by atoms with E-state index in [1.54, 1.807) is 19.2 Å². The second-order valence-electron chi connectivity index (χ2n) is 11.8. The highest BCUT2D eigenvalue weighted by atomic mass is 19.4. The molecule has 3 aliphatic rings. The van der Waals surface area contributed by atoms with E-state index in [1.807, 2.05) is 6.07 Å². The van der Waals surface area contributed by atoms with Gasteiger partial charge >= 0.3 is 6.18 Å². The van der Waals surface area contributed by atoms with Crippen LogP contribution in [0.1, 0.15) is 49.3 Å². The molecule has 3 saturated heterocycles. The van der Waals surface area contributed by atoms with E-state index in [9.17, 15) is 22.4 Å². The minimum Gasteiger partial charge on any atom is -0.494 e. The predicted molar refractivity (Wildman–Crippen MR) is 170 cm³/mol. The Hall–Kier alpha value is -4.43. The maximum Gasteiger partial charge on any atom is 0.416 e. The van der Waals surface area contributed by atoms with E-state index >= 15 is 0 Å². The number of anilines is 5. The minimum absolute atomic E-state index is 0.118. The van der Waals surface area contributed by atoms with E-state index in [1.165, 1.54) is 30.3 Å². The summed E-state index contributed by atoms with van der Waals surface area (Å²) in [6.07, 6.45) is 2.66. The number of benzene rings is 2. The standard InChI is InChI=1S/C33H37F4N7O3/c1-3-32(45)41-25-17-26(29(46-2)18-28(25)43-11-6-24(7-12-43)42-9-4-5-10-42)40-30-19-31(39-20-38-30)44-27(8-13-47-44)21-14-22(33(35,36)37)16-23(34)15-21/h3,14-20,24,27H,1,4-13H2,2H3,(H,41,45)(H,38,39,40). The normalized spacial score (nSPS) is 19.2. The van der Waals surface area contributed by atoms with Crippen LogP contribution in [0.15, 0.2) is 55.4 Å². The van der Waals surface area contributed by atoms with E-state index in [0.29, 0.717) is 41.5 Å². The second kappa shape index (κ2) is 13.7. The number of carbonyl (C=O) groups excluding carboxylic acids is 1. The number of hydroxylamine groups is 1. The molecule has 1 aromatic heterocycles. The first kappa shape index (κ1) is 32.5. The Bertz CT molecular complexity index is 1610. The summed E-state index contributed by atoms with van der Waals surface area (Å²) in [5.41, 5.74) is 0.947. The van der Waals surface area contributed by atoms with Crippen molar-refractivity contribution in [2.45, 2.75) is 50.4 Å². The lowest BCUT2D eigenvalue weighted by Crippen LogP contribution is -2.44. The van der Waals surface area contributed by atoms with Crippen LogP contribution in [0, 0.1) is 5.82 Å². The number of aromatic nitrogens is 2. The molecule has 0 radical (unpaired) electrons. The zero-order chi connectivity index (χ0) is 33.1. The Balaban J connectivity index is 1.25. The second-order valence-corrected chi connectivity index (χ2v) is 11.8. The van der Waals surface area contributed by atoms with E-state index < -0.39 is 23.6 Å². The number of halogens is 4. The first-order valence-electron chi connectivity index (χ1n) is 15.7. The van der Waals surface area contributed by atoms with Gasteiger partial charge in [0.05, 0.1) is 42.4 Å². The molecule has 47 heavy (non-hydrogen) atoms. The Morgan fingerprint density at radius 2 is 1.79 bits per heavy atom. The van der Waals surface area contributed by atoms with Gasteiger partial charge in [0.25, 0.3) is 0 Å². The fraction of sp³-hybridized carbons (Fsp3) is 0.424. The maximum atomic E-state index is 14.2. The van der Waals surface area contributed by atoms with Crippen LogP contribution in [0.3, 0.4) is 0 Å². The van der Waals surface area contributed by atoms with Gasteiger partial charge in [-0.05, 0) is 74.7 Å². The van der Waals surface area contributed by atoms with E-state index in [4.69, 9.17) is 9.57 Å². The van der Waals surface area contributed by atoms with E-state index in [2.05, 4.69) is 37.0 Å². The molecule has 2 N–H and O–H groups in total. The third-order valence-corrected chi connectivity index (χ3v) is 8.90. The molecule has 4 heterocycles. The van der Waals surface area contributed by atoms with Gasteiger partial charge in [0.2, 0.25) is 5.91 Å². The number of methoxy groups -OCH3 is 1. The summed E-state index contributed by atoms with van der Waals surface area (Å²) >= 11 is 0. The molecule has 250 valence electrons. The Labute approximate surface area is 270 Å². The van der Waals surface area contributed by atoms with Crippen LogP contribution in [0.2, 0.25) is 0 Å². The Morgan fingerprint density at radius 1 is 1.02 bits per heavy atom. The number of rotatable bonds is 9. The third kappa shape index (κ3) is 7.28. The molecule has 1 atom stereocenters. The highest BCUT2D eigenvalue weighted by Gasteiger charge is 2.35. The minimum atomic E-state index is -4.70. The summed E-state index contributed by atoms with van der Waals surface area (Å²) in [4.78, 5) is 31.6. The zero-order valence-electron chi connectivity index (χ0n) is 26.0. The Kier molecular flexibility index (Phi) is 9.50. The highest BCUT2D eigenvalue weighted by Crippen LogP contribution is 2.41.